The van der Waals surface area contributed by atoms with E-state index in [1.807, 2.05) is 6.07 Å². The lowest BCUT2D eigenvalue weighted by molar-refractivity contribution is 0.0999. The van der Waals surface area contributed by atoms with E-state index in [1.165, 1.54) is 24.3 Å². The normalized spacial score (nSPS) is 11.1. The number of carbonyl (C=O) groups excluding carboxylic acids is 1. The first kappa shape index (κ1) is 19.7. The second kappa shape index (κ2) is 7.92. The van der Waals surface area contributed by atoms with Gasteiger partial charge < -0.3 is 10.5 Å². The number of sulfonamides is 1. The van der Waals surface area contributed by atoms with Gasteiger partial charge in [0.15, 0.2) is 5.75 Å². The van der Waals surface area contributed by atoms with Crippen molar-refractivity contribution in [2.75, 3.05) is 4.72 Å². The van der Waals surface area contributed by atoms with Crippen LogP contribution in [0.3, 0.4) is 0 Å². The van der Waals surface area contributed by atoms with Crippen LogP contribution in [0, 0.1) is 6.92 Å². The van der Waals surface area contributed by atoms with Crippen molar-refractivity contribution in [1.82, 2.24) is 0 Å². The molecule has 3 aromatic carbocycles. The Labute approximate surface area is 168 Å². The van der Waals surface area contributed by atoms with Gasteiger partial charge in [0, 0.05) is 10.6 Å². The van der Waals surface area contributed by atoms with Gasteiger partial charge in [-0.1, -0.05) is 35.9 Å². The minimum atomic E-state index is -4.01. The van der Waals surface area contributed by atoms with Crippen molar-refractivity contribution in [3.8, 4) is 11.5 Å². The molecule has 0 aliphatic heterocycles. The molecule has 28 heavy (non-hydrogen) atoms. The zero-order chi connectivity index (χ0) is 20.3. The standard InChI is InChI=1S/C20H17ClN2O4S/c1-13-7-9-16(12-17(13)20(22)24)28(25,26)23-18-11-14(21)8-10-19(18)27-15-5-3-2-4-6-15/h2-12,23H,1H3,(H2,22,24). The average Bonchev–Trinajstić information content (AvgIpc) is 2.64. The number of nitrogens with two attached hydrogens (primary N) is 1. The largest absolute Gasteiger partial charge is 0.455 e. The summed E-state index contributed by atoms with van der Waals surface area (Å²) in [5.41, 5.74) is 6.20. The van der Waals surface area contributed by atoms with Gasteiger partial charge in [-0.05, 0) is 55.0 Å². The van der Waals surface area contributed by atoms with Gasteiger partial charge in [-0.2, -0.15) is 0 Å². The van der Waals surface area contributed by atoms with Crippen LogP contribution < -0.4 is 15.2 Å². The summed E-state index contributed by atoms with van der Waals surface area (Å²) in [4.78, 5) is 11.4. The molecule has 0 fully saturated rings. The number of carbonyl (C=O) groups is 1. The summed E-state index contributed by atoms with van der Waals surface area (Å²) in [6.07, 6.45) is 0. The van der Waals surface area contributed by atoms with Gasteiger partial charge in [0.1, 0.15) is 5.75 Å². The molecule has 0 aliphatic rings. The molecule has 0 saturated heterocycles. The fourth-order valence-corrected chi connectivity index (χ4v) is 3.78. The van der Waals surface area contributed by atoms with Gasteiger partial charge in [-0.3, -0.25) is 9.52 Å². The molecule has 0 aliphatic carbocycles. The van der Waals surface area contributed by atoms with E-state index in [2.05, 4.69) is 4.72 Å². The highest BCUT2D eigenvalue weighted by Crippen LogP contribution is 2.33. The molecular weight excluding hydrogens is 400 g/mol. The molecule has 1 amide bonds. The number of nitrogens with one attached hydrogen (secondary N) is 1. The second-order valence-corrected chi connectivity index (χ2v) is 8.12. The van der Waals surface area contributed by atoms with Crippen molar-refractivity contribution in [3.05, 3.63) is 82.9 Å². The highest BCUT2D eigenvalue weighted by atomic mass is 35.5. The van der Waals surface area contributed by atoms with E-state index in [1.54, 1.807) is 43.3 Å². The maximum Gasteiger partial charge on any atom is 0.262 e. The van der Waals surface area contributed by atoms with Gasteiger partial charge in [0.25, 0.3) is 10.0 Å². The molecule has 0 radical (unpaired) electrons. The van der Waals surface area contributed by atoms with E-state index in [0.29, 0.717) is 16.3 Å². The van der Waals surface area contributed by atoms with Gasteiger partial charge in [0.05, 0.1) is 10.6 Å². The molecule has 0 spiro atoms. The number of para-hydroxylation sites is 1. The molecule has 0 bridgehead atoms. The third kappa shape index (κ3) is 4.44. The quantitative estimate of drug-likeness (QED) is 0.624. The van der Waals surface area contributed by atoms with Crippen molar-refractivity contribution >= 4 is 33.2 Å². The number of benzene rings is 3. The maximum atomic E-state index is 12.8. The van der Waals surface area contributed by atoms with Crippen LogP contribution in [-0.4, -0.2) is 14.3 Å². The fourth-order valence-electron chi connectivity index (χ4n) is 2.52. The Kier molecular flexibility index (Phi) is 5.58. The number of aryl methyl sites for hydroxylation is 1. The molecular formula is C20H17ClN2O4S. The smallest absolute Gasteiger partial charge is 0.262 e. The van der Waals surface area contributed by atoms with Crippen LogP contribution in [0.15, 0.2) is 71.6 Å². The van der Waals surface area contributed by atoms with Gasteiger partial charge in [-0.15, -0.1) is 0 Å². The number of halogens is 1. The summed E-state index contributed by atoms with van der Waals surface area (Å²) in [5.74, 6) is 0.114. The summed E-state index contributed by atoms with van der Waals surface area (Å²) < 4.78 is 33.9. The topological polar surface area (TPSA) is 98.5 Å². The molecule has 0 saturated carbocycles. The van der Waals surface area contributed by atoms with E-state index in [4.69, 9.17) is 22.1 Å². The number of ether oxygens (including phenoxy) is 1. The second-order valence-electron chi connectivity index (χ2n) is 6.00. The molecule has 0 unspecified atom stereocenters. The van der Waals surface area contributed by atoms with Crippen LogP contribution >= 0.6 is 11.6 Å². The number of rotatable bonds is 6. The minimum Gasteiger partial charge on any atom is -0.455 e. The Hall–Kier alpha value is -3.03. The van der Waals surface area contributed by atoms with Crippen molar-refractivity contribution in [2.24, 2.45) is 5.73 Å². The SMILES string of the molecule is Cc1ccc(S(=O)(=O)Nc2cc(Cl)ccc2Oc2ccccc2)cc1C(N)=O. The predicted octanol–water partition coefficient (Wildman–Crippen LogP) is 4.34. The van der Waals surface area contributed by atoms with Crippen LogP contribution in [0.25, 0.3) is 0 Å². The van der Waals surface area contributed by atoms with E-state index in [0.717, 1.165) is 0 Å². The summed E-state index contributed by atoms with van der Waals surface area (Å²) in [6, 6.07) is 17.7. The van der Waals surface area contributed by atoms with Gasteiger partial charge >= 0.3 is 0 Å². The summed E-state index contributed by atoms with van der Waals surface area (Å²) in [7, 11) is -4.01. The predicted molar refractivity (Wildman–Crippen MR) is 108 cm³/mol. The zero-order valence-corrected chi connectivity index (χ0v) is 16.4. The van der Waals surface area contributed by atoms with E-state index in [9.17, 15) is 13.2 Å². The Balaban J connectivity index is 1.97. The van der Waals surface area contributed by atoms with E-state index in [-0.39, 0.29) is 21.9 Å². The maximum absolute atomic E-state index is 12.8. The van der Waals surface area contributed by atoms with Crippen LogP contribution in [0.2, 0.25) is 5.02 Å². The lowest BCUT2D eigenvalue weighted by Gasteiger charge is -2.14. The Morgan fingerprint density at radius 3 is 2.43 bits per heavy atom. The van der Waals surface area contributed by atoms with Crippen molar-refractivity contribution in [3.63, 3.8) is 0 Å². The molecule has 0 aromatic heterocycles. The van der Waals surface area contributed by atoms with Crippen LogP contribution in [0.1, 0.15) is 15.9 Å². The number of hydrogen-bond donors (Lipinski definition) is 2. The van der Waals surface area contributed by atoms with Crippen LogP contribution in [0.5, 0.6) is 11.5 Å². The lowest BCUT2D eigenvalue weighted by atomic mass is 10.1. The monoisotopic (exact) mass is 416 g/mol. The van der Waals surface area contributed by atoms with Gasteiger partial charge in [-0.25, -0.2) is 8.42 Å². The molecule has 8 heteroatoms. The van der Waals surface area contributed by atoms with Crippen molar-refractivity contribution < 1.29 is 17.9 Å². The number of amides is 1. The third-order valence-electron chi connectivity index (χ3n) is 3.94. The summed E-state index contributed by atoms with van der Waals surface area (Å²) in [6.45, 7) is 1.67. The third-order valence-corrected chi connectivity index (χ3v) is 5.54. The minimum absolute atomic E-state index is 0.0995. The Bertz CT molecular complexity index is 1130. The van der Waals surface area contributed by atoms with Crippen molar-refractivity contribution in [1.29, 1.82) is 0 Å². The molecule has 3 aromatic rings. The molecule has 0 atom stereocenters. The molecule has 3 rings (SSSR count). The Morgan fingerprint density at radius 2 is 1.75 bits per heavy atom. The van der Waals surface area contributed by atoms with E-state index >= 15 is 0 Å². The fraction of sp³-hybridized carbons (Fsp3) is 0.0500. The van der Waals surface area contributed by atoms with Crippen molar-refractivity contribution in [2.45, 2.75) is 11.8 Å². The van der Waals surface area contributed by atoms with Crippen LogP contribution in [-0.2, 0) is 10.0 Å². The number of hydrogen-bond acceptors (Lipinski definition) is 4. The number of anilines is 1. The van der Waals surface area contributed by atoms with Gasteiger partial charge in [0.2, 0.25) is 5.91 Å². The lowest BCUT2D eigenvalue weighted by Crippen LogP contribution is -2.17. The average molecular weight is 417 g/mol. The highest BCUT2D eigenvalue weighted by molar-refractivity contribution is 7.92. The number of primary amides is 1. The first-order valence-corrected chi connectivity index (χ1v) is 10.1. The molecule has 3 N–H and O–H groups in total. The first-order valence-electron chi connectivity index (χ1n) is 8.22. The Morgan fingerprint density at radius 1 is 1.04 bits per heavy atom. The highest BCUT2D eigenvalue weighted by Gasteiger charge is 2.19. The van der Waals surface area contributed by atoms with Crippen LogP contribution in [0.4, 0.5) is 5.69 Å². The van der Waals surface area contributed by atoms with E-state index < -0.39 is 15.9 Å². The molecule has 6 nitrogen and oxygen atoms in total. The first-order chi connectivity index (χ1) is 13.3. The summed E-state index contributed by atoms with van der Waals surface area (Å²) >= 11 is 6.03. The zero-order valence-electron chi connectivity index (χ0n) is 14.8. The summed E-state index contributed by atoms with van der Waals surface area (Å²) in [5, 5.41) is 0.333. The molecule has 0 heterocycles. The molecule has 144 valence electrons.